The Balaban J connectivity index is 1.53. The van der Waals surface area contributed by atoms with E-state index in [0.29, 0.717) is 17.7 Å². The van der Waals surface area contributed by atoms with Crippen LogP contribution in [0.1, 0.15) is 31.4 Å². The van der Waals surface area contributed by atoms with Crippen LogP contribution in [0.25, 0.3) is 0 Å². The van der Waals surface area contributed by atoms with Crippen LogP contribution < -0.4 is 5.32 Å². The van der Waals surface area contributed by atoms with Crippen LogP contribution in [-0.4, -0.2) is 46.1 Å². The molecule has 0 spiro atoms. The van der Waals surface area contributed by atoms with E-state index in [-0.39, 0.29) is 12.6 Å². The number of rotatable bonds is 7. The average Bonchev–Trinajstić information content (AvgIpc) is 3.25. The quantitative estimate of drug-likeness (QED) is 0.796. The van der Waals surface area contributed by atoms with E-state index in [9.17, 15) is 4.79 Å². The van der Waals surface area contributed by atoms with Gasteiger partial charge in [0.1, 0.15) is 6.07 Å². The zero-order valence-corrected chi connectivity index (χ0v) is 12.4. The number of aromatic nitrogens is 1. The summed E-state index contributed by atoms with van der Waals surface area (Å²) in [6, 6.07) is 6.37. The van der Waals surface area contributed by atoms with Gasteiger partial charge >= 0.3 is 5.97 Å². The lowest BCUT2D eigenvalue weighted by Crippen LogP contribution is -2.52. The van der Waals surface area contributed by atoms with E-state index in [1.54, 1.807) is 6.20 Å². The second-order valence-electron chi connectivity index (χ2n) is 6.24. The summed E-state index contributed by atoms with van der Waals surface area (Å²) in [4.78, 5) is 17.2. The van der Waals surface area contributed by atoms with Crippen LogP contribution in [0.5, 0.6) is 0 Å². The molecule has 0 aliphatic heterocycles. The number of carboxylic acids is 1. The van der Waals surface area contributed by atoms with E-state index in [0.717, 1.165) is 25.1 Å². The molecule has 0 unspecified atom stereocenters. The molecule has 2 N–H and O–H groups in total. The summed E-state index contributed by atoms with van der Waals surface area (Å²) in [5.74, 6) is -0.0639. The molecule has 6 nitrogen and oxygen atoms in total. The SMILES string of the molecule is N#Cc1ncccc1NC1CC(N(CC(=O)O)CC2CC2)C1. The Kier molecular flexibility index (Phi) is 4.25. The highest BCUT2D eigenvalue weighted by Crippen LogP contribution is 2.34. The predicted octanol–water partition coefficient (Wildman–Crippen LogP) is 1.69. The maximum atomic E-state index is 11.0. The second-order valence-corrected chi connectivity index (χ2v) is 6.24. The van der Waals surface area contributed by atoms with E-state index in [1.807, 2.05) is 12.1 Å². The maximum Gasteiger partial charge on any atom is 0.317 e. The normalized spacial score (nSPS) is 23.6. The Morgan fingerprint density at radius 1 is 1.50 bits per heavy atom. The molecule has 1 heterocycles. The van der Waals surface area contributed by atoms with E-state index >= 15 is 0 Å². The van der Waals surface area contributed by atoms with Crippen LogP contribution in [0.15, 0.2) is 18.3 Å². The third-order valence-corrected chi connectivity index (χ3v) is 4.43. The number of nitriles is 1. The number of nitrogens with zero attached hydrogens (tertiary/aromatic N) is 3. The minimum Gasteiger partial charge on any atom is -0.480 e. The van der Waals surface area contributed by atoms with E-state index in [4.69, 9.17) is 10.4 Å². The molecule has 2 aliphatic carbocycles. The van der Waals surface area contributed by atoms with Crippen molar-refractivity contribution in [1.82, 2.24) is 9.88 Å². The first-order chi connectivity index (χ1) is 10.7. The first-order valence-electron chi connectivity index (χ1n) is 7.73. The van der Waals surface area contributed by atoms with Gasteiger partial charge < -0.3 is 10.4 Å². The lowest BCUT2D eigenvalue weighted by molar-refractivity contribution is -0.139. The van der Waals surface area contributed by atoms with E-state index in [2.05, 4.69) is 21.3 Å². The summed E-state index contributed by atoms with van der Waals surface area (Å²) >= 11 is 0. The van der Waals surface area contributed by atoms with Crippen LogP contribution in [0, 0.1) is 17.2 Å². The Morgan fingerprint density at radius 2 is 2.27 bits per heavy atom. The van der Waals surface area contributed by atoms with Crippen LogP contribution in [0.4, 0.5) is 5.69 Å². The molecule has 2 fully saturated rings. The predicted molar refractivity (Wildman–Crippen MR) is 81.3 cm³/mol. The summed E-state index contributed by atoms with van der Waals surface area (Å²) in [6.45, 7) is 1.03. The Hall–Kier alpha value is -2.13. The molecule has 3 rings (SSSR count). The number of carbonyl (C=O) groups is 1. The van der Waals surface area contributed by atoms with Gasteiger partial charge in [-0.2, -0.15) is 5.26 Å². The van der Waals surface area contributed by atoms with Crippen LogP contribution in [-0.2, 0) is 4.79 Å². The fourth-order valence-electron chi connectivity index (χ4n) is 2.98. The van der Waals surface area contributed by atoms with Crippen molar-refractivity contribution in [3.8, 4) is 6.07 Å². The molecule has 116 valence electrons. The number of hydrogen-bond acceptors (Lipinski definition) is 5. The van der Waals surface area contributed by atoms with E-state index < -0.39 is 5.97 Å². The molecule has 0 bridgehead atoms. The Labute approximate surface area is 129 Å². The van der Waals surface area contributed by atoms with Gasteiger partial charge in [0.2, 0.25) is 0 Å². The van der Waals surface area contributed by atoms with Crippen molar-refractivity contribution in [3.05, 3.63) is 24.0 Å². The lowest BCUT2D eigenvalue weighted by Gasteiger charge is -2.43. The number of carboxylic acid groups (broad SMARTS) is 1. The minimum absolute atomic E-state index is 0.129. The molecule has 2 aliphatic rings. The van der Waals surface area contributed by atoms with Crippen molar-refractivity contribution in [2.75, 3.05) is 18.4 Å². The standard InChI is InChI=1S/C16H20N4O2/c17-8-15-14(2-1-5-18-15)19-12-6-13(7-12)20(10-16(21)22)9-11-3-4-11/h1-2,5,11-13,19H,3-4,6-7,9-10H2,(H,21,22). The molecule has 0 radical (unpaired) electrons. The summed E-state index contributed by atoms with van der Waals surface area (Å²) in [7, 11) is 0. The maximum absolute atomic E-state index is 11.0. The number of aliphatic carboxylic acids is 1. The highest BCUT2D eigenvalue weighted by atomic mass is 16.4. The fourth-order valence-corrected chi connectivity index (χ4v) is 2.98. The highest BCUT2D eigenvalue weighted by Gasteiger charge is 2.37. The molecule has 0 aromatic carbocycles. The third-order valence-electron chi connectivity index (χ3n) is 4.43. The van der Waals surface area contributed by atoms with Crippen molar-refractivity contribution in [2.45, 2.75) is 37.8 Å². The topological polar surface area (TPSA) is 89.3 Å². The van der Waals surface area contributed by atoms with Gasteiger partial charge in [-0.1, -0.05) is 0 Å². The molecular weight excluding hydrogens is 280 g/mol. The van der Waals surface area contributed by atoms with Gasteiger partial charge in [-0.25, -0.2) is 4.98 Å². The van der Waals surface area contributed by atoms with Gasteiger partial charge in [-0.3, -0.25) is 9.69 Å². The van der Waals surface area contributed by atoms with Crippen molar-refractivity contribution < 1.29 is 9.90 Å². The Morgan fingerprint density at radius 3 is 2.91 bits per heavy atom. The minimum atomic E-state index is -0.754. The summed E-state index contributed by atoms with van der Waals surface area (Å²) < 4.78 is 0. The van der Waals surface area contributed by atoms with Crippen molar-refractivity contribution in [3.63, 3.8) is 0 Å². The number of anilines is 1. The molecular formula is C16H20N4O2. The second kappa shape index (κ2) is 6.32. The third kappa shape index (κ3) is 3.55. The van der Waals surface area contributed by atoms with Crippen LogP contribution in [0.3, 0.4) is 0 Å². The average molecular weight is 300 g/mol. The van der Waals surface area contributed by atoms with Gasteiger partial charge in [-0.15, -0.1) is 0 Å². The molecule has 0 atom stereocenters. The number of pyridine rings is 1. The number of hydrogen-bond donors (Lipinski definition) is 2. The first-order valence-corrected chi connectivity index (χ1v) is 7.73. The zero-order chi connectivity index (χ0) is 15.5. The molecule has 6 heteroatoms. The highest BCUT2D eigenvalue weighted by molar-refractivity contribution is 5.69. The fraction of sp³-hybridized carbons (Fsp3) is 0.562. The summed E-state index contributed by atoms with van der Waals surface area (Å²) in [5, 5.41) is 21.4. The smallest absolute Gasteiger partial charge is 0.317 e. The first kappa shape index (κ1) is 14.8. The molecule has 22 heavy (non-hydrogen) atoms. The lowest BCUT2D eigenvalue weighted by atomic mass is 9.85. The summed E-state index contributed by atoms with van der Waals surface area (Å²) in [6.07, 6.45) is 5.90. The van der Waals surface area contributed by atoms with E-state index in [1.165, 1.54) is 12.8 Å². The van der Waals surface area contributed by atoms with Gasteiger partial charge in [0.05, 0.1) is 12.2 Å². The molecule has 0 saturated heterocycles. The van der Waals surface area contributed by atoms with Crippen LogP contribution in [0.2, 0.25) is 0 Å². The largest absolute Gasteiger partial charge is 0.480 e. The van der Waals surface area contributed by atoms with Crippen LogP contribution >= 0.6 is 0 Å². The van der Waals surface area contributed by atoms with Gasteiger partial charge in [-0.05, 0) is 43.7 Å². The monoisotopic (exact) mass is 300 g/mol. The number of nitrogens with one attached hydrogen (secondary N) is 1. The van der Waals surface area contributed by atoms with Crippen molar-refractivity contribution >= 4 is 11.7 Å². The molecule has 1 aromatic heterocycles. The molecule has 2 saturated carbocycles. The van der Waals surface area contributed by atoms with Crippen molar-refractivity contribution in [1.29, 1.82) is 5.26 Å². The van der Waals surface area contributed by atoms with Gasteiger partial charge in [0.25, 0.3) is 0 Å². The van der Waals surface area contributed by atoms with Gasteiger partial charge in [0.15, 0.2) is 5.69 Å². The zero-order valence-electron chi connectivity index (χ0n) is 12.4. The molecule has 1 aromatic rings. The molecule has 0 amide bonds. The Bertz CT molecular complexity index is 588. The van der Waals surface area contributed by atoms with Gasteiger partial charge in [0, 0.05) is 24.8 Å². The summed E-state index contributed by atoms with van der Waals surface area (Å²) in [5.41, 5.74) is 1.17. The van der Waals surface area contributed by atoms with Crippen molar-refractivity contribution in [2.24, 2.45) is 5.92 Å².